The van der Waals surface area contributed by atoms with Gasteiger partial charge in [-0.3, -0.25) is 0 Å². The van der Waals surface area contributed by atoms with E-state index in [4.69, 9.17) is 20.6 Å². The van der Waals surface area contributed by atoms with Gasteiger partial charge >= 0.3 is 0 Å². The second-order valence-electron chi connectivity index (χ2n) is 4.15. The Balaban J connectivity index is 2.60. The molecule has 0 fully saturated rings. The Morgan fingerprint density at radius 1 is 1.56 bits per heavy atom. The normalized spacial score (nSPS) is 28.6. The van der Waals surface area contributed by atoms with E-state index in [0.717, 1.165) is 6.42 Å². The fourth-order valence-corrected chi connectivity index (χ4v) is 1.91. The average molecular weight is 250 g/mol. The summed E-state index contributed by atoms with van der Waals surface area (Å²) < 4.78 is 17.0. The zero-order valence-corrected chi connectivity index (χ0v) is 11.2. The maximum atomic E-state index is 5.88. The lowest BCUT2D eigenvalue weighted by molar-refractivity contribution is -0.182. The summed E-state index contributed by atoms with van der Waals surface area (Å²) >= 11 is 0. The Hall–Kier alpha value is -1.08. The first-order valence-electron chi connectivity index (χ1n) is 6.36. The van der Waals surface area contributed by atoms with Crippen LogP contribution in [0.4, 0.5) is 0 Å². The van der Waals surface area contributed by atoms with Gasteiger partial charge in [-0.15, -0.1) is 18.9 Å². The van der Waals surface area contributed by atoms with Crippen LogP contribution in [0.25, 0.3) is 0 Å². The monoisotopic (exact) mass is 250 g/mol. The molecule has 0 radical (unpaired) electrons. The lowest BCUT2D eigenvalue weighted by atomic mass is 10.0. The molecular formula is C15H22O3. The van der Waals surface area contributed by atoms with Crippen molar-refractivity contribution in [2.24, 2.45) is 0 Å². The molecule has 0 bridgehead atoms. The molecule has 1 unspecified atom stereocenters. The molecule has 0 amide bonds. The van der Waals surface area contributed by atoms with E-state index in [-0.39, 0.29) is 24.6 Å². The van der Waals surface area contributed by atoms with Gasteiger partial charge in [0.2, 0.25) is 0 Å². The average Bonchev–Trinajstić information content (AvgIpc) is 2.33. The summed E-state index contributed by atoms with van der Waals surface area (Å²) in [5, 5.41) is 0. The first-order chi connectivity index (χ1) is 8.71. The maximum absolute atomic E-state index is 5.88. The van der Waals surface area contributed by atoms with Gasteiger partial charge in [-0.05, 0) is 20.3 Å². The van der Waals surface area contributed by atoms with Crippen molar-refractivity contribution in [3.05, 3.63) is 24.8 Å². The number of ether oxygens (including phenoxy) is 3. The van der Waals surface area contributed by atoms with Crippen molar-refractivity contribution in [3.63, 3.8) is 0 Å². The minimum Gasteiger partial charge on any atom is -0.367 e. The van der Waals surface area contributed by atoms with Gasteiger partial charge in [-0.2, -0.15) is 0 Å². The minimum absolute atomic E-state index is 0.0445. The summed E-state index contributed by atoms with van der Waals surface area (Å²) in [4.78, 5) is 0. The van der Waals surface area contributed by atoms with Crippen molar-refractivity contribution in [2.45, 2.75) is 51.3 Å². The first-order valence-corrected chi connectivity index (χ1v) is 6.36. The second-order valence-corrected chi connectivity index (χ2v) is 4.15. The van der Waals surface area contributed by atoms with Crippen LogP contribution in [0.1, 0.15) is 26.7 Å². The van der Waals surface area contributed by atoms with E-state index in [2.05, 4.69) is 12.5 Å². The summed E-state index contributed by atoms with van der Waals surface area (Å²) in [5.74, 6) is 2.63. The van der Waals surface area contributed by atoms with Crippen molar-refractivity contribution in [3.8, 4) is 12.3 Å². The molecule has 0 aliphatic carbocycles. The fraction of sp³-hybridized carbons (Fsp3) is 0.600. The van der Waals surface area contributed by atoms with E-state index in [9.17, 15) is 0 Å². The molecule has 0 saturated carbocycles. The Labute approximate surface area is 110 Å². The van der Waals surface area contributed by atoms with E-state index in [0.29, 0.717) is 13.0 Å². The Bertz CT molecular complexity index is 316. The van der Waals surface area contributed by atoms with Crippen LogP contribution in [-0.2, 0) is 14.2 Å². The van der Waals surface area contributed by atoms with Gasteiger partial charge in [0, 0.05) is 13.0 Å². The molecule has 0 N–H and O–H groups in total. The van der Waals surface area contributed by atoms with Crippen LogP contribution in [0.2, 0.25) is 0 Å². The van der Waals surface area contributed by atoms with Crippen molar-refractivity contribution in [2.75, 3.05) is 6.61 Å². The molecule has 0 spiro atoms. The van der Waals surface area contributed by atoms with Gasteiger partial charge in [0.05, 0.1) is 12.2 Å². The van der Waals surface area contributed by atoms with Crippen LogP contribution in [0.15, 0.2) is 24.8 Å². The number of hydrogen-bond donors (Lipinski definition) is 0. The summed E-state index contributed by atoms with van der Waals surface area (Å²) in [5.41, 5.74) is 0. The summed E-state index contributed by atoms with van der Waals surface area (Å²) in [6.07, 6.45) is 12.0. The molecule has 3 heteroatoms. The largest absolute Gasteiger partial charge is 0.367 e. The van der Waals surface area contributed by atoms with Crippen LogP contribution in [0.3, 0.4) is 0 Å². The minimum atomic E-state index is -0.260. The number of terminal acetylenes is 1. The third-order valence-electron chi connectivity index (χ3n) is 2.70. The molecule has 3 nitrogen and oxygen atoms in total. The lowest BCUT2D eigenvalue weighted by Gasteiger charge is -2.32. The van der Waals surface area contributed by atoms with E-state index < -0.39 is 0 Å². The molecule has 0 aromatic rings. The summed E-state index contributed by atoms with van der Waals surface area (Å²) in [6, 6.07) is 0. The zero-order valence-electron chi connectivity index (χ0n) is 11.2. The van der Waals surface area contributed by atoms with E-state index in [1.54, 1.807) is 0 Å². The van der Waals surface area contributed by atoms with Crippen molar-refractivity contribution < 1.29 is 14.2 Å². The van der Waals surface area contributed by atoms with Crippen LogP contribution in [0, 0.1) is 12.3 Å². The Morgan fingerprint density at radius 3 is 2.94 bits per heavy atom. The molecule has 0 aromatic heterocycles. The molecular weight excluding hydrogens is 228 g/mol. The molecule has 18 heavy (non-hydrogen) atoms. The summed E-state index contributed by atoms with van der Waals surface area (Å²) in [6.45, 7) is 8.15. The van der Waals surface area contributed by atoms with Gasteiger partial charge in [-0.1, -0.05) is 18.2 Å². The van der Waals surface area contributed by atoms with Gasteiger partial charge in [0.1, 0.15) is 6.10 Å². The molecule has 100 valence electrons. The van der Waals surface area contributed by atoms with Crippen molar-refractivity contribution >= 4 is 0 Å². The third-order valence-corrected chi connectivity index (χ3v) is 2.70. The molecule has 1 heterocycles. The van der Waals surface area contributed by atoms with Crippen LogP contribution in [-0.4, -0.2) is 31.2 Å². The highest BCUT2D eigenvalue weighted by atomic mass is 16.7. The quantitative estimate of drug-likeness (QED) is 0.395. The molecule has 1 aliphatic rings. The molecule has 0 saturated heterocycles. The predicted octanol–water partition coefficient (Wildman–Crippen LogP) is 2.68. The fourth-order valence-electron chi connectivity index (χ4n) is 1.91. The first kappa shape index (κ1) is 15.0. The third kappa shape index (κ3) is 4.66. The maximum Gasteiger partial charge on any atom is 0.155 e. The Kier molecular flexibility index (Phi) is 6.74. The zero-order chi connectivity index (χ0) is 13.4. The van der Waals surface area contributed by atoms with E-state index >= 15 is 0 Å². The van der Waals surface area contributed by atoms with Crippen LogP contribution in [0.5, 0.6) is 0 Å². The van der Waals surface area contributed by atoms with Gasteiger partial charge < -0.3 is 14.2 Å². The van der Waals surface area contributed by atoms with Gasteiger partial charge in [-0.25, -0.2) is 0 Å². The highest BCUT2D eigenvalue weighted by Gasteiger charge is 2.28. The highest BCUT2D eigenvalue weighted by Crippen LogP contribution is 2.21. The molecule has 4 atom stereocenters. The van der Waals surface area contributed by atoms with E-state index in [1.165, 1.54) is 0 Å². The molecule has 1 aliphatic heterocycles. The van der Waals surface area contributed by atoms with Crippen LogP contribution >= 0.6 is 0 Å². The van der Waals surface area contributed by atoms with Gasteiger partial charge in [0.25, 0.3) is 0 Å². The Morgan fingerprint density at radius 2 is 2.33 bits per heavy atom. The number of hydrogen-bond acceptors (Lipinski definition) is 3. The topological polar surface area (TPSA) is 27.7 Å². The van der Waals surface area contributed by atoms with Crippen molar-refractivity contribution in [1.29, 1.82) is 0 Å². The highest BCUT2D eigenvalue weighted by molar-refractivity contribution is 5.07. The summed E-state index contributed by atoms with van der Waals surface area (Å²) in [7, 11) is 0. The number of rotatable bonds is 7. The lowest BCUT2D eigenvalue weighted by Crippen LogP contribution is -2.39. The van der Waals surface area contributed by atoms with Crippen molar-refractivity contribution in [1.82, 2.24) is 0 Å². The predicted molar refractivity (Wildman–Crippen MR) is 72.0 cm³/mol. The molecule has 0 aromatic carbocycles. The second kappa shape index (κ2) is 8.10. The SMILES string of the molecule is C#CC[C@H]1O[C@H](CC=C)C=C[C@@H]1OC(C)OCC. The van der Waals surface area contributed by atoms with Gasteiger partial charge in [0.15, 0.2) is 6.29 Å². The van der Waals surface area contributed by atoms with Crippen LogP contribution < -0.4 is 0 Å². The smallest absolute Gasteiger partial charge is 0.155 e. The molecule has 1 rings (SSSR count). The standard InChI is InChI=1S/C15H22O3/c1-5-8-13-10-11-15(14(18-13)9-6-2)17-12(4)16-7-3/h2,5,10-15H,1,7-9H2,3-4H3/t12?,13-,14-,15+/m1/s1. The van der Waals surface area contributed by atoms with E-state index in [1.807, 2.05) is 32.1 Å².